The molecular formula is C22H25N3O4. The normalized spacial score (nSPS) is 21.2. The zero-order valence-electron chi connectivity index (χ0n) is 16.4. The van der Waals surface area contributed by atoms with E-state index in [0.717, 1.165) is 19.3 Å². The van der Waals surface area contributed by atoms with Crippen molar-refractivity contribution in [2.24, 2.45) is 5.92 Å². The third-order valence-electron chi connectivity index (χ3n) is 5.60. The fourth-order valence-electron chi connectivity index (χ4n) is 3.70. The van der Waals surface area contributed by atoms with Crippen LogP contribution in [0, 0.1) is 5.92 Å². The molecule has 152 valence electrons. The average molecular weight is 395 g/mol. The summed E-state index contributed by atoms with van der Waals surface area (Å²) < 4.78 is 0. The molecule has 2 aromatic rings. The number of anilines is 1. The number of rotatable bonds is 6. The number of hydrogen-bond acceptors (Lipinski definition) is 4. The Labute approximate surface area is 169 Å². The average Bonchev–Trinajstić information content (AvgIpc) is 2.75. The van der Waals surface area contributed by atoms with Crippen molar-refractivity contribution >= 4 is 23.5 Å². The minimum atomic E-state index is -1.24. The van der Waals surface area contributed by atoms with Crippen LogP contribution in [0.1, 0.15) is 59.7 Å². The monoisotopic (exact) mass is 395 g/mol. The molecule has 0 radical (unpaired) electrons. The van der Waals surface area contributed by atoms with Crippen molar-refractivity contribution in [2.45, 2.75) is 44.6 Å². The van der Waals surface area contributed by atoms with Gasteiger partial charge in [-0.15, -0.1) is 0 Å². The Morgan fingerprint density at radius 1 is 1.10 bits per heavy atom. The Hall–Kier alpha value is -3.22. The molecule has 3 rings (SSSR count). The van der Waals surface area contributed by atoms with E-state index in [-0.39, 0.29) is 5.91 Å². The van der Waals surface area contributed by atoms with Gasteiger partial charge in [0.15, 0.2) is 0 Å². The second-order valence-corrected chi connectivity index (χ2v) is 7.47. The van der Waals surface area contributed by atoms with Crippen LogP contribution < -0.4 is 10.6 Å². The first-order chi connectivity index (χ1) is 13.9. The van der Waals surface area contributed by atoms with Crippen LogP contribution in [0.4, 0.5) is 5.69 Å². The largest absolute Gasteiger partial charge is 0.480 e. The van der Waals surface area contributed by atoms with Crippen molar-refractivity contribution in [3.05, 3.63) is 59.9 Å². The number of aliphatic carboxylic acids is 1. The zero-order valence-corrected chi connectivity index (χ0v) is 16.4. The van der Waals surface area contributed by atoms with Crippen molar-refractivity contribution in [3.63, 3.8) is 0 Å². The molecule has 1 aliphatic rings. The number of pyridine rings is 1. The summed E-state index contributed by atoms with van der Waals surface area (Å²) in [7, 11) is 0. The van der Waals surface area contributed by atoms with E-state index >= 15 is 0 Å². The van der Waals surface area contributed by atoms with E-state index in [4.69, 9.17) is 0 Å². The molecule has 1 aromatic heterocycles. The topological polar surface area (TPSA) is 108 Å². The molecule has 1 heterocycles. The maximum Gasteiger partial charge on any atom is 0.329 e. The summed E-state index contributed by atoms with van der Waals surface area (Å²) in [4.78, 5) is 40.9. The van der Waals surface area contributed by atoms with Crippen LogP contribution in [0.3, 0.4) is 0 Å². The van der Waals surface area contributed by atoms with Crippen LogP contribution in [0.25, 0.3) is 0 Å². The van der Waals surface area contributed by atoms with E-state index in [0.29, 0.717) is 35.6 Å². The molecule has 0 bridgehead atoms. The third kappa shape index (κ3) is 4.80. The Bertz CT molecular complexity index is 890. The minimum absolute atomic E-state index is 0.298. The number of nitrogens with one attached hydrogen (secondary N) is 2. The van der Waals surface area contributed by atoms with Gasteiger partial charge in [-0.3, -0.25) is 14.6 Å². The highest BCUT2D eigenvalue weighted by Gasteiger charge is 2.43. The predicted octanol–water partition coefficient (Wildman–Crippen LogP) is 3.49. The number of hydrogen-bond donors (Lipinski definition) is 3. The van der Waals surface area contributed by atoms with Gasteiger partial charge in [0.05, 0.1) is 5.56 Å². The maximum absolute atomic E-state index is 12.8. The predicted molar refractivity (Wildman–Crippen MR) is 109 cm³/mol. The molecule has 0 spiro atoms. The zero-order chi connectivity index (χ0) is 20.9. The maximum atomic E-state index is 12.8. The quantitative estimate of drug-likeness (QED) is 0.694. The molecule has 1 saturated carbocycles. The third-order valence-corrected chi connectivity index (χ3v) is 5.60. The smallest absolute Gasteiger partial charge is 0.329 e. The SMILES string of the molecule is CCC1CCC(NC(=O)c2cccc(NC(=O)c3cccnc3)c2)(C(=O)O)CC1. The summed E-state index contributed by atoms with van der Waals surface area (Å²) in [5, 5.41) is 15.2. The summed E-state index contributed by atoms with van der Waals surface area (Å²) in [6, 6.07) is 9.76. The molecule has 3 N–H and O–H groups in total. The van der Waals surface area contributed by atoms with Crippen molar-refractivity contribution in [2.75, 3.05) is 5.32 Å². The molecular weight excluding hydrogens is 370 g/mol. The first-order valence-corrected chi connectivity index (χ1v) is 9.81. The first-order valence-electron chi connectivity index (χ1n) is 9.81. The van der Waals surface area contributed by atoms with Gasteiger partial charge in [-0.2, -0.15) is 0 Å². The van der Waals surface area contributed by atoms with Crippen LogP contribution in [-0.4, -0.2) is 33.4 Å². The molecule has 29 heavy (non-hydrogen) atoms. The highest BCUT2D eigenvalue weighted by Crippen LogP contribution is 2.34. The minimum Gasteiger partial charge on any atom is -0.480 e. The van der Waals surface area contributed by atoms with Gasteiger partial charge in [-0.05, 0) is 61.9 Å². The fourth-order valence-corrected chi connectivity index (χ4v) is 3.70. The number of nitrogens with zero attached hydrogens (tertiary/aromatic N) is 1. The Balaban J connectivity index is 1.72. The number of carboxylic acids is 1. The molecule has 7 nitrogen and oxygen atoms in total. The lowest BCUT2D eigenvalue weighted by atomic mass is 9.75. The lowest BCUT2D eigenvalue weighted by molar-refractivity contribution is -0.146. The van der Waals surface area contributed by atoms with E-state index in [2.05, 4.69) is 22.5 Å². The summed E-state index contributed by atoms with van der Waals surface area (Å²) in [6.45, 7) is 2.10. The van der Waals surface area contributed by atoms with E-state index in [1.165, 1.54) is 12.3 Å². The first kappa shape index (κ1) is 20.5. The number of carbonyl (C=O) groups is 3. The van der Waals surface area contributed by atoms with Crippen LogP contribution >= 0.6 is 0 Å². The molecule has 0 unspecified atom stereocenters. The van der Waals surface area contributed by atoms with Gasteiger partial charge in [0.1, 0.15) is 5.54 Å². The van der Waals surface area contributed by atoms with E-state index in [9.17, 15) is 19.5 Å². The van der Waals surface area contributed by atoms with Crippen molar-refractivity contribution in [1.29, 1.82) is 0 Å². The molecule has 0 saturated heterocycles. The molecule has 0 atom stereocenters. The highest BCUT2D eigenvalue weighted by molar-refractivity contribution is 6.05. The molecule has 1 aromatic carbocycles. The molecule has 2 amide bonds. The van der Waals surface area contributed by atoms with Crippen molar-refractivity contribution < 1.29 is 19.5 Å². The molecule has 7 heteroatoms. The van der Waals surface area contributed by atoms with Crippen molar-refractivity contribution in [1.82, 2.24) is 10.3 Å². The Morgan fingerprint density at radius 2 is 1.83 bits per heavy atom. The lowest BCUT2D eigenvalue weighted by Crippen LogP contribution is -2.56. The van der Waals surface area contributed by atoms with Gasteiger partial charge in [0, 0.05) is 23.6 Å². The summed E-state index contributed by atoms with van der Waals surface area (Å²) in [5.74, 6) is -1.29. The Kier molecular flexibility index (Phi) is 6.26. The number of carboxylic acid groups (broad SMARTS) is 1. The highest BCUT2D eigenvalue weighted by atomic mass is 16.4. The second-order valence-electron chi connectivity index (χ2n) is 7.47. The van der Waals surface area contributed by atoms with E-state index in [1.807, 2.05) is 0 Å². The molecule has 0 aliphatic heterocycles. The summed E-state index contributed by atoms with van der Waals surface area (Å²) in [5.41, 5.74) is -0.0878. The lowest BCUT2D eigenvalue weighted by Gasteiger charge is -2.37. The number of amides is 2. The van der Waals surface area contributed by atoms with Crippen LogP contribution in [0.15, 0.2) is 48.8 Å². The Morgan fingerprint density at radius 3 is 2.45 bits per heavy atom. The van der Waals surface area contributed by atoms with Gasteiger partial charge in [-0.1, -0.05) is 19.4 Å². The van der Waals surface area contributed by atoms with Crippen LogP contribution in [0.2, 0.25) is 0 Å². The number of carbonyl (C=O) groups excluding carboxylic acids is 2. The van der Waals surface area contributed by atoms with Gasteiger partial charge in [0.2, 0.25) is 0 Å². The van der Waals surface area contributed by atoms with Crippen LogP contribution in [-0.2, 0) is 4.79 Å². The summed E-state index contributed by atoms with van der Waals surface area (Å²) >= 11 is 0. The molecule has 1 aliphatic carbocycles. The van der Waals surface area contributed by atoms with Crippen molar-refractivity contribution in [3.8, 4) is 0 Å². The number of benzene rings is 1. The van der Waals surface area contributed by atoms with E-state index < -0.39 is 17.4 Å². The number of aromatic nitrogens is 1. The van der Waals surface area contributed by atoms with Gasteiger partial charge in [-0.25, -0.2) is 4.79 Å². The van der Waals surface area contributed by atoms with Gasteiger partial charge >= 0.3 is 5.97 Å². The van der Waals surface area contributed by atoms with Crippen LogP contribution in [0.5, 0.6) is 0 Å². The van der Waals surface area contributed by atoms with E-state index in [1.54, 1.807) is 36.5 Å². The molecule has 1 fully saturated rings. The standard InChI is InChI=1S/C22H25N3O4/c1-2-15-8-10-22(11-9-15,21(28)29)25-20(27)16-5-3-7-18(13-16)24-19(26)17-6-4-12-23-14-17/h3-7,12-15H,2,8-11H2,1H3,(H,24,26)(H,25,27)(H,28,29). The second kappa shape index (κ2) is 8.86. The fraction of sp³-hybridized carbons (Fsp3) is 0.364. The summed E-state index contributed by atoms with van der Waals surface area (Å²) in [6.07, 6.45) is 6.45. The van der Waals surface area contributed by atoms with Gasteiger partial charge < -0.3 is 15.7 Å². The van der Waals surface area contributed by atoms with Gasteiger partial charge in [0.25, 0.3) is 11.8 Å².